The molecule has 1 atom stereocenters. The summed E-state index contributed by atoms with van der Waals surface area (Å²) in [5.41, 5.74) is 1.05. The first kappa shape index (κ1) is 19.4. The number of nitrogens with zero attached hydrogens (tertiary/aromatic N) is 2. The van der Waals surface area contributed by atoms with Crippen LogP contribution in [0.1, 0.15) is 29.2 Å². The number of halogens is 2. The van der Waals surface area contributed by atoms with Gasteiger partial charge in [0.1, 0.15) is 10.7 Å². The number of fused-ring (bicyclic) bond motifs is 1. The third-order valence-corrected chi connectivity index (χ3v) is 5.25. The summed E-state index contributed by atoms with van der Waals surface area (Å²) in [6.07, 6.45) is 0. The van der Waals surface area contributed by atoms with Gasteiger partial charge in [0, 0.05) is 31.1 Å². The zero-order valence-corrected chi connectivity index (χ0v) is 15.4. The van der Waals surface area contributed by atoms with Gasteiger partial charge in [-0.3, -0.25) is 9.69 Å². The Balaban J connectivity index is 0.00000121. The Hall–Kier alpha value is -0.660. The molecule has 124 valence electrons. The van der Waals surface area contributed by atoms with Gasteiger partial charge in [0.15, 0.2) is 0 Å². The van der Waals surface area contributed by atoms with Crippen molar-refractivity contribution in [2.45, 2.75) is 26.8 Å². The van der Waals surface area contributed by atoms with Crippen molar-refractivity contribution < 1.29 is 0 Å². The first-order valence-corrected chi connectivity index (χ1v) is 7.84. The van der Waals surface area contributed by atoms with Gasteiger partial charge < -0.3 is 10.3 Å². The lowest BCUT2D eigenvalue weighted by atomic mass is 10.2. The molecule has 3 heterocycles. The summed E-state index contributed by atoms with van der Waals surface area (Å²) >= 11 is 1.61. The molecule has 0 amide bonds. The summed E-state index contributed by atoms with van der Waals surface area (Å²) in [6, 6.07) is 0.150. The fraction of sp³-hybridized carbons (Fsp3) is 0.571. The zero-order chi connectivity index (χ0) is 14.3. The molecule has 5 nitrogen and oxygen atoms in total. The van der Waals surface area contributed by atoms with E-state index >= 15 is 0 Å². The molecule has 1 unspecified atom stereocenters. The molecule has 0 spiro atoms. The van der Waals surface area contributed by atoms with Crippen LogP contribution in [0.3, 0.4) is 0 Å². The normalized spacial score (nSPS) is 16.9. The number of hydrogen-bond donors (Lipinski definition) is 2. The van der Waals surface area contributed by atoms with Crippen molar-refractivity contribution in [1.82, 2.24) is 20.2 Å². The van der Waals surface area contributed by atoms with Crippen LogP contribution >= 0.6 is 36.2 Å². The van der Waals surface area contributed by atoms with Crippen LogP contribution in [0.5, 0.6) is 0 Å². The summed E-state index contributed by atoms with van der Waals surface area (Å²) in [7, 11) is 0. The number of aryl methyl sites for hydroxylation is 2. The Kier molecular flexibility index (Phi) is 6.83. The Bertz CT molecular complexity index is 694. The maximum atomic E-state index is 12.3. The molecular weight excluding hydrogens is 343 g/mol. The maximum Gasteiger partial charge on any atom is 0.259 e. The van der Waals surface area contributed by atoms with Gasteiger partial charge in [-0.1, -0.05) is 0 Å². The summed E-state index contributed by atoms with van der Waals surface area (Å²) in [5, 5.41) is 4.09. The molecule has 1 aliphatic rings. The number of rotatable bonds is 2. The van der Waals surface area contributed by atoms with Crippen molar-refractivity contribution >= 4 is 46.4 Å². The van der Waals surface area contributed by atoms with Crippen LogP contribution in [-0.4, -0.2) is 41.0 Å². The molecule has 8 heteroatoms. The van der Waals surface area contributed by atoms with Gasteiger partial charge >= 0.3 is 0 Å². The summed E-state index contributed by atoms with van der Waals surface area (Å²) in [5.74, 6) is 0.783. The Labute approximate surface area is 146 Å². The molecule has 0 bridgehead atoms. The van der Waals surface area contributed by atoms with E-state index in [0.717, 1.165) is 47.8 Å². The highest BCUT2D eigenvalue weighted by molar-refractivity contribution is 7.18. The molecule has 1 aliphatic heterocycles. The molecule has 2 N–H and O–H groups in total. The standard InChI is InChI=1S/C14H20N4OS.2ClH/c1-8-10(3)20-14-11(8)13(19)16-12(17-14)9(2)18-6-4-15-5-7-18;;/h9,15H,4-7H2,1-3H3,(H,16,17,19);2*1H. The highest BCUT2D eigenvalue weighted by Gasteiger charge is 2.21. The van der Waals surface area contributed by atoms with Gasteiger partial charge in [0.25, 0.3) is 5.56 Å². The molecule has 3 rings (SSSR count). The summed E-state index contributed by atoms with van der Waals surface area (Å²) in [6.45, 7) is 10.1. The lowest BCUT2D eigenvalue weighted by molar-refractivity contribution is 0.179. The second-order valence-electron chi connectivity index (χ2n) is 5.38. The average molecular weight is 365 g/mol. The Morgan fingerprint density at radius 2 is 1.86 bits per heavy atom. The smallest absolute Gasteiger partial charge is 0.259 e. The number of aromatic amines is 1. The van der Waals surface area contributed by atoms with E-state index in [1.807, 2.05) is 13.8 Å². The number of aromatic nitrogens is 2. The third kappa shape index (κ3) is 3.46. The van der Waals surface area contributed by atoms with E-state index in [4.69, 9.17) is 4.98 Å². The van der Waals surface area contributed by atoms with Crippen molar-refractivity contribution in [3.8, 4) is 0 Å². The first-order valence-electron chi connectivity index (χ1n) is 7.02. The van der Waals surface area contributed by atoms with Crippen LogP contribution in [-0.2, 0) is 0 Å². The van der Waals surface area contributed by atoms with E-state index < -0.39 is 0 Å². The van der Waals surface area contributed by atoms with Crippen LogP contribution in [0, 0.1) is 13.8 Å². The SMILES string of the molecule is Cc1sc2nc(C(C)N3CCNCC3)[nH]c(=O)c2c1C.Cl.Cl. The minimum Gasteiger partial charge on any atom is -0.314 e. The first-order chi connectivity index (χ1) is 9.58. The number of H-pyrrole nitrogens is 1. The monoisotopic (exact) mass is 364 g/mol. The summed E-state index contributed by atoms with van der Waals surface area (Å²) in [4.78, 5) is 24.4. The minimum atomic E-state index is -0.00571. The number of hydrogen-bond acceptors (Lipinski definition) is 5. The molecule has 0 saturated carbocycles. The predicted octanol–water partition coefficient (Wildman–Crippen LogP) is 2.41. The van der Waals surface area contributed by atoms with E-state index in [1.54, 1.807) is 11.3 Å². The Morgan fingerprint density at radius 3 is 2.50 bits per heavy atom. The molecule has 2 aromatic rings. The van der Waals surface area contributed by atoms with Gasteiger partial charge in [-0.2, -0.15) is 0 Å². The molecule has 1 saturated heterocycles. The molecule has 0 radical (unpaired) electrons. The number of piperazine rings is 1. The van der Waals surface area contributed by atoms with Crippen molar-refractivity contribution in [2.24, 2.45) is 0 Å². The lowest BCUT2D eigenvalue weighted by Gasteiger charge is -2.32. The second-order valence-corrected chi connectivity index (χ2v) is 6.58. The van der Waals surface area contributed by atoms with Crippen molar-refractivity contribution in [2.75, 3.05) is 26.2 Å². The van der Waals surface area contributed by atoms with Crippen molar-refractivity contribution in [3.63, 3.8) is 0 Å². The van der Waals surface area contributed by atoms with Gasteiger partial charge in [-0.15, -0.1) is 36.2 Å². The fourth-order valence-corrected chi connectivity index (χ4v) is 3.75. The molecule has 2 aromatic heterocycles. The zero-order valence-electron chi connectivity index (χ0n) is 12.9. The van der Waals surface area contributed by atoms with Crippen molar-refractivity contribution in [1.29, 1.82) is 0 Å². The largest absolute Gasteiger partial charge is 0.314 e. The lowest BCUT2D eigenvalue weighted by Crippen LogP contribution is -2.45. The molecule has 22 heavy (non-hydrogen) atoms. The molecular formula is C14H22Cl2N4OS. The van der Waals surface area contributed by atoms with Gasteiger partial charge in [0.2, 0.25) is 0 Å². The van der Waals surface area contributed by atoms with Crippen molar-refractivity contribution in [3.05, 3.63) is 26.6 Å². The average Bonchev–Trinajstić information content (AvgIpc) is 2.74. The second kappa shape index (κ2) is 7.75. The number of nitrogens with one attached hydrogen (secondary N) is 2. The van der Waals surface area contributed by atoms with Gasteiger partial charge in [0.05, 0.1) is 11.4 Å². The molecule has 1 fully saturated rings. The van der Waals surface area contributed by atoms with Crippen LogP contribution in [0.2, 0.25) is 0 Å². The van der Waals surface area contributed by atoms with Crippen LogP contribution < -0.4 is 10.9 Å². The maximum absolute atomic E-state index is 12.3. The highest BCUT2D eigenvalue weighted by Crippen LogP contribution is 2.27. The fourth-order valence-electron chi connectivity index (χ4n) is 2.71. The van der Waals surface area contributed by atoms with Crippen LogP contribution in [0.4, 0.5) is 0 Å². The van der Waals surface area contributed by atoms with Gasteiger partial charge in [-0.05, 0) is 26.3 Å². The molecule has 0 aromatic carbocycles. The number of thiophene rings is 1. The van der Waals surface area contributed by atoms with E-state index in [2.05, 4.69) is 22.1 Å². The van der Waals surface area contributed by atoms with Crippen LogP contribution in [0.15, 0.2) is 4.79 Å². The minimum absolute atomic E-state index is 0. The van der Waals surface area contributed by atoms with Gasteiger partial charge in [-0.25, -0.2) is 4.98 Å². The summed E-state index contributed by atoms with van der Waals surface area (Å²) < 4.78 is 0. The quantitative estimate of drug-likeness (QED) is 0.858. The topological polar surface area (TPSA) is 61.0 Å². The highest BCUT2D eigenvalue weighted by atomic mass is 35.5. The van der Waals surface area contributed by atoms with E-state index in [1.165, 1.54) is 4.88 Å². The molecule has 0 aliphatic carbocycles. The Morgan fingerprint density at radius 1 is 1.23 bits per heavy atom. The van der Waals surface area contributed by atoms with Crippen LogP contribution in [0.25, 0.3) is 10.2 Å². The predicted molar refractivity (Wildman–Crippen MR) is 97.1 cm³/mol. The van der Waals surface area contributed by atoms with E-state index in [9.17, 15) is 4.79 Å². The van der Waals surface area contributed by atoms with E-state index in [0.29, 0.717) is 0 Å². The third-order valence-electron chi connectivity index (χ3n) is 4.15. The van der Waals surface area contributed by atoms with E-state index in [-0.39, 0.29) is 36.4 Å².